The second kappa shape index (κ2) is 18.8. The molecule has 21 heteroatoms. The number of imidazole rings is 2. The molecule has 10 nitrogen and oxygen atoms in total. The van der Waals surface area contributed by atoms with Gasteiger partial charge in [0.25, 0.3) is 5.88 Å². The smallest absolute Gasteiger partial charge is 0.422 e. The second-order valence-corrected chi connectivity index (χ2v) is 11.6. The highest BCUT2D eigenvalue weighted by atomic mass is 19.4. The maximum absolute atomic E-state index is 14.0. The Morgan fingerprint density at radius 3 is 1.41 bits per heavy atom. The first-order chi connectivity index (χ1) is 27.6. The second-order valence-electron chi connectivity index (χ2n) is 11.6. The molecule has 0 radical (unpaired) electrons. The number of hydrogen-bond donors (Lipinski definition) is 0. The Kier molecular flexibility index (Phi) is 15.0. The molecule has 0 unspecified atom stereocenters. The molecule has 0 aromatic carbocycles. The van der Waals surface area contributed by atoms with Gasteiger partial charge in [-0.1, -0.05) is 39.8 Å². The summed E-state index contributed by atoms with van der Waals surface area (Å²) in [6.45, 7) is 6.11. The number of nitrogens with zero attached hydrogens (tertiary/aromatic N) is 8. The van der Waals surface area contributed by atoms with Gasteiger partial charge >= 0.3 is 24.2 Å². The van der Waals surface area contributed by atoms with Crippen molar-refractivity contribution < 1.29 is 57.8 Å². The Balaban J connectivity index is 0.000000291. The van der Waals surface area contributed by atoms with Gasteiger partial charge in [0.1, 0.15) is 12.1 Å². The van der Waals surface area contributed by atoms with Crippen LogP contribution in [0.1, 0.15) is 64.6 Å². The van der Waals surface area contributed by atoms with Gasteiger partial charge in [0.2, 0.25) is 5.88 Å². The number of aromatic nitrogens is 6. The van der Waals surface area contributed by atoms with E-state index in [0.717, 1.165) is 21.1 Å². The van der Waals surface area contributed by atoms with Crippen LogP contribution in [0.5, 0.6) is 11.8 Å². The van der Waals surface area contributed by atoms with Crippen molar-refractivity contribution in [2.75, 3.05) is 13.2 Å². The lowest BCUT2D eigenvalue weighted by Gasteiger charge is -2.11. The van der Waals surface area contributed by atoms with E-state index in [1.165, 1.54) is 48.9 Å². The van der Waals surface area contributed by atoms with E-state index in [-0.39, 0.29) is 39.4 Å². The SMILES string of the molecule is CC.CC.CC(F)(F)c1nc(C#N)c2ccc(-c3ccc(OCC(F)(F)F)nc3)cn12.CC(F)(F)c1nc(C#N)c2ccc(-c3cnc(OCC(F)(F)F)c(F)c3)cn12. The van der Waals surface area contributed by atoms with Crippen LogP contribution in [-0.2, 0) is 11.8 Å². The number of nitriles is 2. The fourth-order valence-electron chi connectivity index (χ4n) is 4.93. The summed E-state index contributed by atoms with van der Waals surface area (Å²) < 4.78 is 153. The number of hydrogen-bond acceptors (Lipinski definition) is 8. The lowest BCUT2D eigenvalue weighted by atomic mass is 10.1. The van der Waals surface area contributed by atoms with Gasteiger partial charge in [-0.05, 0) is 29.8 Å². The van der Waals surface area contributed by atoms with E-state index in [1.54, 1.807) is 18.2 Å². The first-order valence-electron chi connectivity index (χ1n) is 17.2. The summed E-state index contributed by atoms with van der Waals surface area (Å²) in [5.41, 5.74) is 1.27. The zero-order valence-corrected chi connectivity index (χ0v) is 31.8. The average Bonchev–Trinajstić information content (AvgIpc) is 3.76. The molecule has 0 fully saturated rings. The quantitative estimate of drug-likeness (QED) is 0.139. The Morgan fingerprint density at radius 1 is 0.593 bits per heavy atom. The molecule has 6 rings (SSSR count). The van der Waals surface area contributed by atoms with Crippen LogP contribution in [0.15, 0.2) is 67.3 Å². The minimum atomic E-state index is -4.65. The summed E-state index contributed by atoms with van der Waals surface area (Å²) in [6.07, 6.45) is -4.25. The van der Waals surface area contributed by atoms with E-state index in [9.17, 15) is 48.3 Å². The lowest BCUT2D eigenvalue weighted by molar-refractivity contribution is -0.154. The Morgan fingerprint density at radius 2 is 1.02 bits per heavy atom. The van der Waals surface area contributed by atoms with E-state index in [0.29, 0.717) is 25.0 Å². The van der Waals surface area contributed by atoms with Gasteiger partial charge in [0.05, 0.1) is 11.0 Å². The largest absolute Gasteiger partial charge is 0.468 e. The monoisotopic (exact) mass is 842 g/mol. The molecular formula is C38H33F11N8O2. The molecule has 0 aliphatic carbocycles. The Bertz CT molecular complexity index is 2430. The summed E-state index contributed by atoms with van der Waals surface area (Å²) in [5, 5.41) is 18.1. The van der Waals surface area contributed by atoms with Crippen LogP contribution in [-0.4, -0.2) is 54.3 Å². The van der Waals surface area contributed by atoms with Crippen molar-refractivity contribution in [1.29, 1.82) is 10.5 Å². The molecule has 0 atom stereocenters. The summed E-state index contributed by atoms with van der Waals surface area (Å²) in [7, 11) is 0. The predicted octanol–water partition coefficient (Wildman–Crippen LogP) is 10.8. The lowest BCUT2D eigenvalue weighted by Crippen LogP contribution is -2.20. The van der Waals surface area contributed by atoms with E-state index in [4.69, 9.17) is 10.5 Å². The molecule has 59 heavy (non-hydrogen) atoms. The minimum Gasteiger partial charge on any atom is -0.468 e. The van der Waals surface area contributed by atoms with Crippen LogP contribution in [0, 0.1) is 28.5 Å². The van der Waals surface area contributed by atoms with Crippen molar-refractivity contribution in [2.24, 2.45) is 0 Å². The van der Waals surface area contributed by atoms with Gasteiger partial charge < -0.3 is 9.47 Å². The van der Waals surface area contributed by atoms with Crippen LogP contribution in [0.4, 0.5) is 48.3 Å². The van der Waals surface area contributed by atoms with Crippen molar-refractivity contribution in [3.05, 3.63) is 96.1 Å². The summed E-state index contributed by atoms with van der Waals surface area (Å²) in [5.74, 6) is -10.1. The molecule has 0 spiro atoms. The summed E-state index contributed by atoms with van der Waals surface area (Å²) in [6, 6.07) is 12.9. The maximum atomic E-state index is 14.0. The summed E-state index contributed by atoms with van der Waals surface area (Å²) >= 11 is 0. The van der Waals surface area contributed by atoms with Crippen molar-refractivity contribution in [3.63, 3.8) is 0 Å². The van der Waals surface area contributed by atoms with Gasteiger partial charge in [0, 0.05) is 61.4 Å². The van der Waals surface area contributed by atoms with Crippen LogP contribution >= 0.6 is 0 Å². The molecule has 6 aromatic rings. The Hall–Kier alpha value is -6.51. The number of rotatable bonds is 8. The standard InChI is InChI=1S/C17H10F6N4O.C17H11F5N4O.2C2H6/c1-16(19,20)15-26-12(5-24)13-3-2-9(7-27(13)15)10-4-11(18)14(25-6-10)28-8-17(21,22)23;1-16(18,19)15-25-12(6-23)13-4-2-11(8-26(13)15)10-3-5-14(24-7-10)27-9-17(20,21)22;2*1-2/h2-4,6-7H,8H2,1H3;2-5,7-8H,9H2,1H3;2*1-2H3. The van der Waals surface area contributed by atoms with Gasteiger partial charge in [-0.15, -0.1) is 0 Å². The zero-order chi connectivity index (χ0) is 44.5. The van der Waals surface area contributed by atoms with E-state index in [1.807, 2.05) is 27.7 Å². The van der Waals surface area contributed by atoms with Crippen LogP contribution in [0.25, 0.3) is 33.3 Å². The maximum Gasteiger partial charge on any atom is 0.422 e. The highest BCUT2D eigenvalue weighted by molar-refractivity contribution is 5.69. The molecule has 6 aromatic heterocycles. The van der Waals surface area contributed by atoms with E-state index < -0.39 is 60.8 Å². The third-order valence-corrected chi connectivity index (χ3v) is 7.24. The molecular weight excluding hydrogens is 809 g/mol. The van der Waals surface area contributed by atoms with Crippen molar-refractivity contribution in [2.45, 2.75) is 65.7 Å². The number of halogens is 11. The molecule has 0 amide bonds. The molecule has 0 aliphatic heterocycles. The number of ether oxygens (including phenoxy) is 2. The summed E-state index contributed by atoms with van der Waals surface area (Å²) in [4.78, 5) is 14.6. The molecule has 314 valence electrons. The first-order valence-corrected chi connectivity index (χ1v) is 17.2. The van der Waals surface area contributed by atoms with Crippen LogP contribution in [0.2, 0.25) is 0 Å². The zero-order valence-electron chi connectivity index (χ0n) is 31.8. The number of alkyl halides is 10. The van der Waals surface area contributed by atoms with E-state index >= 15 is 0 Å². The topological polar surface area (TPSA) is 126 Å². The molecule has 0 aliphatic rings. The van der Waals surface area contributed by atoms with Crippen molar-refractivity contribution in [1.82, 2.24) is 28.7 Å². The van der Waals surface area contributed by atoms with Gasteiger partial charge in [-0.3, -0.25) is 8.80 Å². The fraction of sp³-hybridized carbons (Fsp3) is 0.316. The first kappa shape index (κ1) is 46.9. The highest BCUT2D eigenvalue weighted by Crippen LogP contribution is 2.33. The van der Waals surface area contributed by atoms with Gasteiger partial charge in [-0.2, -0.15) is 54.4 Å². The minimum absolute atomic E-state index is 0.108. The van der Waals surface area contributed by atoms with Crippen LogP contribution in [0.3, 0.4) is 0 Å². The normalized spacial score (nSPS) is 11.6. The molecule has 0 saturated carbocycles. The van der Waals surface area contributed by atoms with Gasteiger partial charge in [0.15, 0.2) is 42.1 Å². The van der Waals surface area contributed by atoms with Crippen molar-refractivity contribution >= 4 is 11.0 Å². The van der Waals surface area contributed by atoms with E-state index in [2.05, 4.69) is 29.4 Å². The third kappa shape index (κ3) is 12.0. The number of fused-ring (bicyclic) bond motifs is 2. The molecule has 6 heterocycles. The number of pyridine rings is 4. The highest BCUT2D eigenvalue weighted by Gasteiger charge is 2.33. The predicted molar refractivity (Wildman–Crippen MR) is 191 cm³/mol. The van der Waals surface area contributed by atoms with Crippen molar-refractivity contribution in [3.8, 4) is 46.2 Å². The molecule has 0 saturated heterocycles. The van der Waals surface area contributed by atoms with Crippen LogP contribution < -0.4 is 9.47 Å². The molecule has 0 N–H and O–H groups in total. The Labute approximate surface area is 329 Å². The third-order valence-electron chi connectivity index (χ3n) is 7.24. The van der Waals surface area contributed by atoms with Gasteiger partial charge in [-0.25, -0.2) is 24.3 Å². The molecule has 0 bridgehead atoms. The fourth-order valence-corrected chi connectivity index (χ4v) is 4.93. The average molecular weight is 843 g/mol.